The number of non-ortho nitro benzene ring substituents is 1. The van der Waals surface area contributed by atoms with Gasteiger partial charge < -0.3 is 4.74 Å². The maximum absolute atomic E-state index is 12.0. The molecular formula is C13H14BrNO4. The molecule has 6 heteroatoms. The number of carbonyl (C=O) groups excluding carboxylic acids is 1. The van der Waals surface area contributed by atoms with E-state index in [2.05, 4.69) is 15.9 Å². The number of nitro groups is 1. The molecule has 0 aliphatic heterocycles. The van der Waals surface area contributed by atoms with Gasteiger partial charge in [0.05, 0.1) is 10.5 Å². The van der Waals surface area contributed by atoms with Gasteiger partial charge >= 0.3 is 5.97 Å². The van der Waals surface area contributed by atoms with Crippen LogP contribution in [0, 0.1) is 10.1 Å². The third kappa shape index (κ3) is 3.53. The van der Waals surface area contributed by atoms with E-state index in [1.807, 2.05) is 0 Å². The van der Waals surface area contributed by atoms with Crippen LogP contribution in [0.1, 0.15) is 42.5 Å². The van der Waals surface area contributed by atoms with Gasteiger partial charge in [-0.3, -0.25) is 10.1 Å². The molecular weight excluding hydrogens is 314 g/mol. The number of hydrogen-bond acceptors (Lipinski definition) is 4. The van der Waals surface area contributed by atoms with Crippen molar-refractivity contribution in [3.05, 3.63) is 38.3 Å². The molecule has 19 heavy (non-hydrogen) atoms. The minimum atomic E-state index is -0.524. The van der Waals surface area contributed by atoms with Crippen LogP contribution in [0.5, 0.6) is 0 Å². The van der Waals surface area contributed by atoms with Crippen LogP contribution in [-0.4, -0.2) is 17.0 Å². The quantitative estimate of drug-likeness (QED) is 0.480. The summed E-state index contributed by atoms with van der Waals surface area (Å²) in [6.07, 6.45) is 4.99. The number of esters is 1. The number of benzene rings is 1. The molecule has 0 aromatic heterocycles. The highest BCUT2D eigenvalue weighted by Crippen LogP contribution is 2.26. The van der Waals surface area contributed by atoms with E-state index in [-0.39, 0.29) is 17.4 Å². The van der Waals surface area contributed by atoms with Gasteiger partial charge in [0.1, 0.15) is 6.10 Å². The minimum Gasteiger partial charge on any atom is -0.459 e. The van der Waals surface area contributed by atoms with E-state index in [9.17, 15) is 14.9 Å². The lowest BCUT2D eigenvalue weighted by atomic mass is 9.98. The van der Waals surface area contributed by atoms with Crippen molar-refractivity contribution >= 4 is 27.6 Å². The first-order valence-electron chi connectivity index (χ1n) is 6.23. The third-order valence-electron chi connectivity index (χ3n) is 3.21. The molecule has 0 N–H and O–H groups in total. The first kappa shape index (κ1) is 14.0. The van der Waals surface area contributed by atoms with Crippen molar-refractivity contribution in [1.29, 1.82) is 0 Å². The Morgan fingerprint density at radius 2 is 2.00 bits per heavy atom. The molecule has 1 aliphatic carbocycles. The Morgan fingerprint density at radius 1 is 1.32 bits per heavy atom. The Labute approximate surface area is 119 Å². The average molecular weight is 328 g/mol. The van der Waals surface area contributed by atoms with Crippen LogP contribution in [0.3, 0.4) is 0 Å². The average Bonchev–Trinajstić information content (AvgIpc) is 2.40. The lowest BCUT2D eigenvalue weighted by Gasteiger charge is -2.21. The molecule has 0 saturated heterocycles. The molecule has 0 atom stereocenters. The summed E-state index contributed by atoms with van der Waals surface area (Å²) in [5.74, 6) is -0.498. The van der Waals surface area contributed by atoms with Crippen LogP contribution in [0.25, 0.3) is 0 Å². The van der Waals surface area contributed by atoms with Crippen molar-refractivity contribution in [3.63, 3.8) is 0 Å². The van der Waals surface area contributed by atoms with E-state index in [1.54, 1.807) is 0 Å². The molecule has 102 valence electrons. The predicted molar refractivity (Wildman–Crippen MR) is 73.1 cm³/mol. The molecule has 0 bridgehead atoms. The van der Waals surface area contributed by atoms with E-state index in [0.29, 0.717) is 4.47 Å². The second-order valence-electron chi connectivity index (χ2n) is 4.59. The molecule has 0 heterocycles. The third-order valence-corrected chi connectivity index (χ3v) is 3.90. The fraction of sp³-hybridized carbons (Fsp3) is 0.462. The van der Waals surface area contributed by atoms with Crippen molar-refractivity contribution in [1.82, 2.24) is 0 Å². The normalized spacial score (nSPS) is 16.1. The summed E-state index contributed by atoms with van der Waals surface area (Å²) in [5.41, 5.74) is 0.0959. The number of carbonyl (C=O) groups is 1. The Kier molecular flexibility index (Phi) is 4.52. The summed E-state index contributed by atoms with van der Waals surface area (Å²) in [6, 6.07) is 4.09. The van der Waals surface area contributed by atoms with Gasteiger partial charge in [0, 0.05) is 16.6 Å². The maximum atomic E-state index is 12.0. The maximum Gasteiger partial charge on any atom is 0.339 e. The van der Waals surface area contributed by atoms with Gasteiger partial charge in [0.25, 0.3) is 5.69 Å². The van der Waals surface area contributed by atoms with Crippen LogP contribution >= 0.6 is 15.9 Å². The highest BCUT2D eigenvalue weighted by molar-refractivity contribution is 9.10. The standard InChI is InChI=1S/C13H14BrNO4/c14-12-7-6-9(15(17)18)8-11(12)13(16)19-10-4-2-1-3-5-10/h6-8,10H,1-5H2. The van der Waals surface area contributed by atoms with Crippen LogP contribution < -0.4 is 0 Å². The summed E-state index contributed by atoms with van der Waals surface area (Å²) < 4.78 is 5.91. The number of halogens is 1. The topological polar surface area (TPSA) is 69.4 Å². The molecule has 0 unspecified atom stereocenters. The number of nitro benzene ring substituents is 1. The van der Waals surface area contributed by atoms with Crippen molar-refractivity contribution in [2.45, 2.75) is 38.2 Å². The highest BCUT2D eigenvalue weighted by Gasteiger charge is 2.22. The summed E-state index contributed by atoms with van der Waals surface area (Å²) in [5, 5.41) is 10.7. The minimum absolute atomic E-state index is 0.0626. The molecule has 0 amide bonds. The van der Waals surface area contributed by atoms with Gasteiger partial charge in [-0.2, -0.15) is 0 Å². The number of nitrogens with zero attached hydrogens (tertiary/aromatic N) is 1. The molecule has 1 aliphatic rings. The largest absolute Gasteiger partial charge is 0.459 e. The zero-order valence-electron chi connectivity index (χ0n) is 10.3. The number of rotatable bonds is 3. The summed E-state index contributed by atoms with van der Waals surface area (Å²) in [7, 11) is 0. The molecule has 1 aromatic rings. The monoisotopic (exact) mass is 327 g/mol. The van der Waals surface area contributed by atoms with E-state index in [1.165, 1.54) is 24.6 Å². The molecule has 1 fully saturated rings. The second kappa shape index (κ2) is 6.14. The summed E-state index contributed by atoms with van der Waals surface area (Å²) in [4.78, 5) is 22.2. The number of hydrogen-bond donors (Lipinski definition) is 0. The van der Waals surface area contributed by atoms with Gasteiger partial charge in [-0.05, 0) is 47.7 Å². The molecule has 5 nitrogen and oxygen atoms in total. The SMILES string of the molecule is O=C(OC1CCCCC1)c1cc([N+](=O)[O-])ccc1Br. The Morgan fingerprint density at radius 3 is 2.63 bits per heavy atom. The lowest BCUT2D eigenvalue weighted by Crippen LogP contribution is -2.21. The molecule has 1 aromatic carbocycles. The van der Waals surface area contributed by atoms with Crippen molar-refractivity contribution in [2.24, 2.45) is 0 Å². The van der Waals surface area contributed by atoms with Crippen LogP contribution in [-0.2, 0) is 4.74 Å². The molecule has 0 radical (unpaired) electrons. The second-order valence-corrected chi connectivity index (χ2v) is 5.44. The van der Waals surface area contributed by atoms with Gasteiger partial charge in [-0.15, -0.1) is 0 Å². The summed E-state index contributed by atoms with van der Waals surface area (Å²) in [6.45, 7) is 0. The first-order valence-corrected chi connectivity index (χ1v) is 7.02. The van der Waals surface area contributed by atoms with Gasteiger partial charge in [-0.1, -0.05) is 6.42 Å². The van der Waals surface area contributed by atoms with E-state index in [0.717, 1.165) is 25.7 Å². The molecule has 1 saturated carbocycles. The Balaban J connectivity index is 2.13. The molecule has 0 spiro atoms. The summed E-state index contributed by atoms with van der Waals surface area (Å²) >= 11 is 3.22. The number of ether oxygens (including phenoxy) is 1. The van der Waals surface area contributed by atoms with E-state index in [4.69, 9.17) is 4.74 Å². The highest BCUT2D eigenvalue weighted by atomic mass is 79.9. The van der Waals surface area contributed by atoms with Crippen molar-refractivity contribution in [3.8, 4) is 0 Å². The van der Waals surface area contributed by atoms with Gasteiger partial charge in [0.2, 0.25) is 0 Å². The van der Waals surface area contributed by atoms with Gasteiger partial charge in [0.15, 0.2) is 0 Å². The van der Waals surface area contributed by atoms with Crippen molar-refractivity contribution < 1.29 is 14.5 Å². The van der Waals surface area contributed by atoms with E-state index >= 15 is 0 Å². The predicted octanol–water partition coefficient (Wildman–Crippen LogP) is 3.85. The fourth-order valence-corrected chi connectivity index (χ4v) is 2.59. The van der Waals surface area contributed by atoms with Crippen molar-refractivity contribution in [2.75, 3.05) is 0 Å². The Bertz CT molecular complexity index is 497. The lowest BCUT2D eigenvalue weighted by molar-refractivity contribution is -0.384. The van der Waals surface area contributed by atoms with Crippen LogP contribution in [0.4, 0.5) is 5.69 Å². The van der Waals surface area contributed by atoms with Crippen LogP contribution in [0.15, 0.2) is 22.7 Å². The fourth-order valence-electron chi connectivity index (χ4n) is 2.18. The van der Waals surface area contributed by atoms with Crippen LogP contribution in [0.2, 0.25) is 0 Å². The van der Waals surface area contributed by atoms with E-state index < -0.39 is 10.9 Å². The zero-order valence-corrected chi connectivity index (χ0v) is 11.9. The smallest absolute Gasteiger partial charge is 0.339 e. The first-order chi connectivity index (χ1) is 9.08. The zero-order chi connectivity index (χ0) is 13.8. The van der Waals surface area contributed by atoms with Gasteiger partial charge in [-0.25, -0.2) is 4.79 Å². The molecule has 2 rings (SSSR count). The Hall–Kier alpha value is -1.43.